The Balaban J connectivity index is 2.83. The van der Waals surface area contributed by atoms with Crippen LogP contribution in [0.2, 0.25) is 0 Å². The van der Waals surface area contributed by atoms with E-state index in [1.165, 1.54) is 6.42 Å². The summed E-state index contributed by atoms with van der Waals surface area (Å²) in [5, 5.41) is 8.15. The van der Waals surface area contributed by atoms with Gasteiger partial charge < -0.3 is 5.11 Å². The molecule has 1 atom stereocenters. The monoisotopic (exact) mass is 105 g/mol. The van der Waals surface area contributed by atoms with Gasteiger partial charge in [-0.25, -0.2) is 0 Å². The van der Waals surface area contributed by atoms with Gasteiger partial charge in [0.1, 0.15) is 0 Å². The van der Waals surface area contributed by atoms with Crippen molar-refractivity contribution in [3.8, 4) is 0 Å². The molecular weight excluding hydrogens is 95.1 g/mol. The molecule has 43 valence electrons. The summed E-state index contributed by atoms with van der Waals surface area (Å²) in [6, 6.07) is 0. The molecule has 0 bridgehead atoms. The van der Waals surface area contributed by atoms with Crippen molar-refractivity contribution in [1.29, 1.82) is 0 Å². The van der Waals surface area contributed by atoms with Gasteiger partial charge >= 0.3 is 0 Å². The Hall–Kier alpha value is -0.110. The first-order chi connectivity index (χ1) is 3.31. The van der Waals surface area contributed by atoms with Crippen LogP contribution in [0.25, 0.3) is 0 Å². The van der Waals surface area contributed by atoms with E-state index in [9.17, 15) is 4.39 Å². The molecular formula is C5H10FO. The average Bonchev–Trinajstić information content (AvgIpc) is 1.68. The third-order valence-electron chi connectivity index (χ3n) is 0.751. The van der Waals surface area contributed by atoms with Crippen LogP contribution in [0.5, 0.6) is 0 Å². The summed E-state index contributed by atoms with van der Waals surface area (Å²) in [6.07, 6.45) is 1.53. The Kier molecular flexibility index (Phi) is 4.00. The Morgan fingerprint density at radius 1 is 1.86 bits per heavy atom. The van der Waals surface area contributed by atoms with E-state index >= 15 is 0 Å². The molecule has 0 aromatic carbocycles. The van der Waals surface area contributed by atoms with Crippen molar-refractivity contribution in [1.82, 2.24) is 0 Å². The summed E-state index contributed by atoms with van der Waals surface area (Å²) < 4.78 is 11.4. The summed E-state index contributed by atoms with van der Waals surface area (Å²) >= 11 is 0. The molecule has 0 amide bonds. The number of hydrogen-bond donors (Lipinski definition) is 1. The van der Waals surface area contributed by atoms with Gasteiger partial charge in [-0.1, -0.05) is 6.92 Å². The molecule has 0 heterocycles. The van der Waals surface area contributed by atoms with Crippen molar-refractivity contribution in [3.63, 3.8) is 0 Å². The molecule has 0 saturated heterocycles. The Bertz CT molecular complexity index is 39.1. The average molecular weight is 105 g/mol. The summed E-state index contributed by atoms with van der Waals surface area (Å²) in [5.41, 5.74) is 0. The molecule has 1 unspecified atom stereocenters. The zero-order valence-corrected chi connectivity index (χ0v) is 4.39. The molecule has 0 aromatic heterocycles. The van der Waals surface area contributed by atoms with Gasteiger partial charge in [-0.15, -0.1) is 0 Å². The first kappa shape index (κ1) is 6.89. The van der Waals surface area contributed by atoms with Crippen LogP contribution in [0.1, 0.15) is 6.92 Å². The van der Waals surface area contributed by atoms with Gasteiger partial charge in [-0.3, -0.25) is 4.39 Å². The molecule has 0 saturated carbocycles. The van der Waals surface area contributed by atoms with Gasteiger partial charge in [0.25, 0.3) is 0 Å². The first-order valence-electron chi connectivity index (χ1n) is 2.31. The Morgan fingerprint density at radius 3 is 2.57 bits per heavy atom. The van der Waals surface area contributed by atoms with Crippen molar-refractivity contribution >= 4 is 0 Å². The Morgan fingerprint density at radius 2 is 2.43 bits per heavy atom. The fourth-order valence-electron chi connectivity index (χ4n) is 0.243. The molecule has 1 radical (unpaired) electrons. The largest absolute Gasteiger partial charge is 0.396 e. The van der Waals surface area contributed by atoms with Crippen molar-refractivity contribution in [2.75, 3.05) is 13.3 Å². The van der Waals surface area contributed by atoms with Crippen LogP contribution in [-0.2, 0) is 0 Å². The predicted octanol–water partition coefficient (Wildman–Crippen LogP) is 0.789. The van der Waals surface area contributed by atoms with E-state index in [1.54, 1.807) is 6.92 Å². The van der Waals surface area contributed by atoms with Crippen molar-refractivity contribution in [3.05, 3.63) is 6.42 Å². The van der Waals surface area contributed by atoms with Crippen molar-refractivity contribution in [2.45, 2.75) is 6.92 Å². The maximum absolute atomic E-state index is 11.4. The maximum Gasteiger partial charge on any atom is 0.0923 e. The lowest BCUT2D eigenvalue weighted by Crippen LogP contribution is -1.99. The molecule has 0 rings (SSSR count). The fourth-order valence-corrected chi connectivity index (χ4v) is 0.243. The van der Waals surface area contributed by atoms with Crippen LogP contribution in [0.15, 0.2) is 0 Å². The van der Waals surface area contributed by atoms with Crippen LogP contribution in [0.3, 0.4) is 0 Å². The summed E-state index contributed by atoms with van der Waals surface area (Å²) in [6.45, 7) is 1.32. The molecule has 0 fully saturated rings. The van der Waals surface area contributed by atoms with Gasteiger partial charge in [0.15, 0.2) is 0 Å². The lowest BCUT2D eigenvalue weighted by atomic mass is 10.1. The SMILES string of the molecule is CC([CH]CO)CF. The zero-order valence-electron chi connectivity index (χ0n) is 4.39. The zero-order chi connectivity index (χ0) is 5.70. The quantitative estimate of drug-likeness (QED) is 0.562. The van der Waals surface area contributed by atoms with Crippen LogP contribution in [0, 0.1) is 12.3 Å². The van der Waals surface area contributed by atoms with Gasteiger partial charge in [0.2, 0.25) is 0 Å². The highest BCUT2D eigenvalue weighted by Gasteiger charge is 1.96. The fraction of sp³-hybridized carbons (Fsp3) is 0.800. The normalized spacial score (nSPS) is 14.1. The highest BCUT2D eigenvalue weighted by atomic mass is 19.1. The lowest BCUT2D eigenvalue weighted by Gasteiger charge is -1.98. The molecule has 1 nitrogen and oxygen atoms in total. The highest BCUT2D eigenvalue weighted by Crippen LogP contribution is 1.97. The molecule has 2 heteroatoms. The molecule has 1 N–H and O–H groups in total. The third kappa shape index (κ3) is 3.73. The smallest absolute Gasteiger partial charge is 0.0923 e. The third-order valence-corrected chi connectivity index (χ3v) is 0.751. The van der Waals surface area contributed by atoms with E-state index in [2.05, 4.69) is 0 Å². The van der Waals surface area contributed by atoms with Gasteiger partial charge in [0, 0.05) is 6.61 Å². The minimum atomic E-state index is -0.374. The first-order valence-corrected chi connectivity index (χ1v) is 2.31. The van der Waals surface area contributed by atoms with Crippen LogP contribution in [-0.4, -0.2) is 18.4 Å². The number of halogens is 1. The maximum atomic E-state index is 11.4. The number of rotatable bonds is 3. The molecule has 0 aliphatic carbocycles. The summed E-state index contributed by atoms with van der Waals surface area (Å²) in [5.74, 6) is -0.0926. The summed E-state index contributed by atoms with van der Waals surface area (Å²) in [7, 11) is 0. The minimum absolute atomic E-state index is 0.0227. The standard InChI is InChI=1S/C5H10FO/c1-5(4-6)2-3-7/h2,5,7H,3-4H2,1H3. The number of alkyl halides is 1. The van der Waals surface area contributed by atoms with Gasteiger partial charge in [0.05, 0.1) is 6.67 Å². The Labute approximate surface area is 43.2 Å². The highest BCUT2D eigenvalue weighted by molar-refractivity contribution is 4.69. The lowest BCUT2D eigenvalue weighted by molar-refractivity contribution is 0.297. The van der Waals surface area contributed by atoms with Crippen molar-refractivity contribution < 1.29 is 9.50 Å². The van der Waals surface area contributed by atoms with E-state index in [0.29, 0.717) is 0 Å². The predicted molar refractivity (Wildman–Crippen MR) is 26.5 cm³/mol. The molecule has 0 aliphatic heterocycles. The van der Waals surface area contributed by atoms with E-state index in [-0.39, 0.29) is 19.2 Å². The molecule has 0 aromatic rings. The topological polar surface area (TPSA) is 20.2 Å². The van der Waals surface area contributed by atoms with E-state index in [0.717, 1.165) is 0 Å². The molecule has 7 heavy (non-hydrogen) atoms. The number of aliphatic hydroxyl groups is 1. The second-order valence-corrected chi connectivity index (χ2v) is 1.55. The van der Waals surface area contributed by atoms with E-state index in [1.807, 2.05) is 0 Å². The minimum Gasteiger partial charge on any atom is -0.396 e. The van der Waals surface area contributed by atoms with Gasteiger partial charge in [-0.2, -0.15) is 0 Å². The van der Waals surface area contributed by atoms with Crippen LogP contribution < -0.4 is 0 Å². The van der Waals surface area contributed by atoms with E-state index in [4.69, 9.17) is 5.11 Å². The summed E-state index contributed by atoms with van der Waals surface area (Å²) in [4.78, 5) is 0. The second-order valence-electron chi connectivity index (χ2n) is 1.55. The number of hydrogen-bond acceptors (Lipinski definition) is 1. The molecule has 0 spiro atoms. The van der Waals surface area contributed by atoms with E-state index < -0.39 is 0 Å². The van der Waals surface area contributed by atoms with Gasteiger partial charge in [-0.05, 0) is 12.3 Å². The number of aliphatic hydroxyl groups excluding tert-OH is 1. The van der Waals surface area contributed by atoms with Crippen LogP contribution in [0.4, 0.5) is 4.39 Å². The molecule has 0 aliphatic rings. The second kappa shape index (κ2) is 4.06. The van der Waals surface area contributed by atoms with Crippen molar-refractivity contribution in [2.24, 2.45) is 5.92 Å². The van der Waals surface area contributed by atoms with Crippen LogP contribution >= 0.6 is 0 Å².